The molecule has 5 nitrogen and oxygen atoms in total. The lowest BCUT2D eigenvalue weighted by Gasteiger charge is -2.16. The predicted octanol–water partition coefficient (Wildman–Crippen LogP) is 5.52. The minimum atomic E-state index is -4.73. The Hall–Kier alpha value is -3.20. The van der Waals surface area contributed by atoms with Crippen molar-refractivity contribution in [1.82, 2.24) is 0 Å². The van der Waals surface area contributed by atoms with E-state index in [2.05, 4.69) is 10.6 Å². The van der Waals surface area contributed by atoms with Crippen molar-refractivity contribution >= 4 is 35.0 Å². The fourth-order valence-electron chi connectivity index (χ4n) is 2.50. The third-order valence-electron chi connectivity index (χ3n) is 3.97. The van der Waals surface area contributed by atoms with Crippen molar-refractivity contribution in [2.24, 2.45) is 0 Å². The highest BCUT2D eigenvalue weighted by atomic mass is 32.2. The zero-order chi connectivity index (χ0) is 21.0. The van der Waals surface area contributed by atoms with Gasteiger partial charge in [-0.3, -0.25) is 9.59 Å². The lowest BCUT2D eigenvalue weighted by atomic mass is 10.1. The SMILES string of the molecule is CSc1ccc(C(=O)Nc2ccc(NC(=O)c3ccoc3)cc2C(F)(F)F)cc1. The highest BCUT2D eigenvalue weighted by Crippen LogP contribution is 2.37. The summed E-state index contributed by atoms with van der Waals surface area (Å²) in [5.74, 6) is -1.28. The number of amides is 2. The molecule has 0 spiro atoms. The first kappa shape index (κ1) is 20.5. The number of rotatable bonds is 5. The Kier molecular flexibility index (Phi) is 5.97. The molecule has 9 heteroatoms. The summed E-state index contributed by atoms with van der Waals surface area (Å²) < 4.78 is 45.3. The molecular weight excluding hydrogens is 405 g/mol. The Balaban J connectivity index is 1.84. The van der Waals surface area contributed by atoms with Crippen molar-refractivity contribution in [2.75, 3.05) is 16.9 Å². The third kappa shape index (κ3) is 5.00. The van der Waals surface area contributed by atoms with E-state index < -0.39 is 29.2 Å². The van der Waals surface area contributed by atoms with Gasteiger partial charge < -0.3 is 15.1 Å². The van der Waals surface area contributed by atoms with Gasteiger partial charge in [-0.25, -0.2) is 0 Å². The van der Waals surface area contributed by atoms with E-state index in [0.29, 0.717) is 0 Å². The van der Waals surface area contributed by atoms with Gasteiger partial charge in [0.25, 0.3) is 11.8 Å². The van der Waals surface area contributed by atoms with E-state index in [1.54, 1.807) is 12.1 Å². The Morgan fingerprint density at radius 1 is 0.931 bits per heavy atom. The summed E-state index contributed by atoms with van der Waals surface area (Å²) in [4.78, 5) is 25.3. The molecule has 3 rings (SSSR count). The average molecular weight is 420 g/mol. The zero-order valence-electron chi connectivity index (χ0n) is 15.0. The maximum atomic E-state index is 13.5. The van der Waals surface area contributed by atoms with E-state index in [4.69, 9.17) is 4.42 Å². The van der Waals surface area contributed by atoms with Crippen LogP contribution in [0.5, 0.6) is 0 Å². The van der Waals surface area contributed by atoms with Gasteiger partial charge in [0.15, 0.2) is 0 Å². The second-order valence-corrected chi connectivity index (χ2v) is 6.79. The molecule has 1 heterocycles. The van der Waals surface area contributed by atoms with Crippen LogP contribution in [0.2, 0.25) is 0 Å². The quantitative estimate of drug-likeness (QED) is 0.533. The van der Waals surface area contributed by atoms with Crippen LogP contribution in [0.3, 0.4) is 0 Å². The van der Waals surface area contributed by atoms with Crippen molar-refractivity contribution in [3.63, 3.8) is 0 Å². The monoisotopic (exact) mass is 420 g/mol. The number of alkyl halides is 3. The first-order chi connectivity index (χ1) is 13.8. The van der Waals surface area contributed by atoms with Gasteiger partial charge in [0.05, 0.1) is 23.1 Å². The van der Waals surface area contributed by atoms with Crippen LogP contribution < -0.4 is 10.6 Å². The van der Waals surface area contributed by atoms with Crippen LogP contribution in [-0.4, -0.2) is 18.1 Å². The fraction of sp³-hybridized carbons (Fsp3) is 0.100. The minimum Gasteiger partial charge on any atom is -0.472 e. The average Bonchev–Trinajstić information content (AvgIpc) is 3.23. The number of anilines is 2. The van der Waals surface area contributed by atoms with Crippen LogP contribution in [0.25, 0.3) is 0 Å². The Morgan fingerprint density at radius 3 is 2.21 bits per heavy atom. The molecule has 0 aliphatic rings. The summed E-state index contributed by atoms with van der Waals surface area (Å²) in [6.45, 7) is 0. The van der Waals surface area contributed by atoms with Crippen molar-refractivity contribution in [2.45, 2.75) is 11.1 Å². The molecule has 2 aromatic carbocycles. The van der Waals surface area contributed by atoms with E-state index in [1.807, 2.05) is 6.26 Å². The molecule has 150 valence electrons. The van der Waals surface area contributed by atoms with Gasteiger partial charge >= 0.3 is 6.18 Å². The lowest BCUT2D eigenvalue weighted by Crippen LogP contribution is -2.18. The fourth-order valence-corrected chi connectivity index (χ4v) is 2.91. The van der Waals surface area contributed by atoms with Gasteiger partial charge in [-0.1, -0.05) is 0 Å². The number of furan rings is 1. The van der Waals surface area contributed by atoms with Gasteiger partial charge in [-0.2, -0.15) is 13.2 Å². The highest BCUT2D eigenvalue weighted by Gasteiger charge is 2.34. The molecule has 0 aliphatic heterocycles. The summed E-state index contributed by atoms with van der Waals surface area (Å²) in [6, 6.07) is 11.0. The van der Waals surface area contributed by atoms with E-state index in [0.717, 1.165) is 17.0 Å². The highest BCUT2D eigenvalue weighted by molar-refractivity contribution is 7.98. The number of hydrogen-bond donors (Lipinski definition) is 2. The van der Waals surface area contributed by atoms with Crippen molar-refractivity contribution < 1.29 is 27.2 Å². The molecule has 0 fully saturated rings. The van der Waals surface area contributed by atoms with Crippen LogP contribution in [0.15, 0.2) is 70.4 Å². The summed E-state index contributed by atoms with van der Waals surface area (Å²) in [6.07, 6.45) is -0.406. The summed E-state index contributed by atoms with van der Waals surface area (Å²) in [7, 11) is 0. The van der Waals surface area contributed by atoms with Crippen LogP contribution in [0.1, 0.15) is 26.3 Å². The van der Waals surface area contributed by atoms with Gasteiger partial charge in [0.2, 0.25) is 0 Å². The molecule has 3 aromatic rings. The maximum Gasteiger partial charge on any atom is 0.418 e. The lowest BCUT2D eigenvalue weighted by molar-refractivity contribution is -0.136. The number of halogens is 3. The summed E-state index contributed by atoms with van der Waals surface area (Å²) in [5.41, 5.74) is -1.14. The van der Waals surface area contributed by atoms with Crippen LogP contribution >= 0.6 is 11.8 Å². The molecule has 2 amide bonds. The molecule has 29 heavy (non-hydrogen) atoms. The maximum absolute atomic E-state index is 13.5. The van der Waals surface area contributed by atoms with Gasteiger partial charge in [0.1, 0.15) is 6.26 Å². The second kappa shape index (κ2) is 8.44. The molecule has 0 radical (unpaired) electrons. The number of thioether (sulfide) groups is 1. The normalized spacial score (nSPS) is 11.2. The second-order valence-electron chi connectivity index (χ2n) is 5.91. The molecule has 0 unspecified atom stereocenters. The van der Waals surface area contributed by atoms with Crippen LogP contribution in [-0.2, 0) is 6.18 Å². The van der Waals surface area contributed by atoms with Gasteiger partial charge in [-0.15, -0.1) is 11.8 Å². The number of carbonyl (C=O) groups is 2. The predicted molar refractivity (Wildman–Crippen MR) is 104 cm³/mol. The van der Waals surface area contributed by atoms with Crippen LogP contribution in [0.4, 0.5) is 24.5 Å². The van der Waals surface area contributed by atoms with E-state index in [-0.39, 0.29) is 16.8 Å². The standard InChI is InChI=1S/C20H15F3N2O3S/c1-29-15-5-2-12(3-6-15)18(26)25-17-7-4-14(10-16(17)20(21,22)23)24-19(27)13-8-9-28-11-13/h2-11H,1H3,(H,24,27)(H,25,26). The molecule has 0 saturated heterocycles. The minimum absolute atomic E-state index is 0.0640. The van der Waals surface area contributed by atoms with E-state index in [1.165, 1.54) is 48.6 Å². The molecule has 1 aromatic heterocycles. The van der Waals surface area contributed by atoms with Crippen LogP contribution in [0, 0.1) is 0 Å². The van der Waals surface area contributed by atoms with Crippen molar-refractivity contribution in [3.05, 3.63) is 77.7 Å². The van der Waals surface area contributed by atoms with E-state index >= 15 is 0 Å². The molecule has 0 bridgehead atoms. The summed E-state index contributed by atoms with van der Waals surface area (Å²) >= 11 is 1.48. The Morgan fingerprint density at radius 2 is 1.62 bits per heavy atom. The molecule has 0 saturated carbocycles. The first-order valence-corrected chi connectivity index (χ1v) is 9.50. The first-order valence-electron chi connectivity index (χ1n) is 8.28. The molecular formula is C20H15F3N2O3S. The molecule has 2 N–H and O–H groups in total. The smallest absolute Gasteiger partial charge is 0.418 e. The molecule has 0 aliphatic carbocycles. The van der Waals surface area contributed by atoms with Crippen molar-refractivity contribution in [1.29, 1.82) is 0 Å². The summed E-state index contributed by atoms with van der Waals surface area (Å²) in [5, 5.41) is 4.65. The van der Waals surface area contributed by atoms with E-state index in [9.17, 15) is 22.8 Å². The topological polar surface area (TPSA) is 71.3 Å². The Labute approximate surface area is 168 Å². The largest absolute Gasteiger partial charge is 0.472 e. The molecule has 0 atom stereocenters. The van der Waals surface area contributed by atoms with Crippen molar-refractivity contribution in [3.8, 4) is 0 Å². The number of hydrogen-bond acceptors (Lipinski definition) is 4. The zero-order valence-corrected chi connectivity index (χ0v) is 15.9. The Bertz CT molecular complexity index is 1020. The van der Waals surface area contributed by atoms with Gasteiger partial charge in [0, 0.05) is 16.1 Å². The third-order valence-corrected chi connectivity index (χ3v) is 4.71. The number of benzene rings is 2. The number of carbonyl (C=O) groups excluding carboxylic acids is 2. The number of nitrogens with one attached hydrogen (secondary N) is 2. The van der Waals surface area contributed by atoms with Gasteiger partial charge in [-0.05, 0) is 54.8 Å².